The fourth-order valence-corrected chi connectivity index (χ4v) is 6.50. The first-order valence-corrected chi connectivity index (χ1v) is 19.1. The summed E-state index contributed by atoms with van der Waals surface area (Å²) in [4.78, 5) is 22.9. The van der Waals surface area contributed by atoms with Gasteiger partial charge in [0.25, 0.3) is 0 Å². The zero-order valence-corrected chi connectivity index (χ0v) is 30.7. The molecule has 2 N–H and O–H groups in total. The maximum Gasteiger partial charge on any atom is 0.337 e. The third-order valence-corrected chi connectivity index (χ3v) is 10.0. The summed E-state index contributed by atoms with van der Waals surface area (Å²) in [6.07, 6.45) is 2.11. The van der Waals surface area contributed by atoms with Crippen molar-refractivity contribution < 1.29 is 39.9 Å². The number of Topliss-reactive ketones (excluding diaryl/α,β-unsaturated/α-hetero) is 1. The van der Waals surface area contributed by atoms with E-state index in [4.69, 9.17) is 5.73 Å². The van der Waals surface area contributed by atoms with E-state index in [0.717, 1.165) is 42.2 Å². The van der Waals surface area contributed by atoms with Crippen LogP contribution in [0.4, 0.5) is 20.2 Å². The number of nitrogens with two attached hydrogens (primary N) is 1. The van der Waals surface area contributed by atoms with Gasteiger partial charge in [0.05, 0.1) is 56.2 Å². The van der Waals surface area contributed by atoms with Crippen molar-refractivity contribution in [3.8, 4) is 0 Å². The highest BCUT2D eigenvalue weighted by Gasteiger charge is 2.22. The van der Waals surface area contributed by atoms with Gasteiger partial charge in [0, 0.05) is 25.6 Å². The number of nitrogens with zero attached hydrogens (tertiary/aromatic N) is 2. The summed E-state index contributed by atoms with van der Waals surface area (Å²) in [5.41, 5.74) is 6.62. The van der Waals surface area contributed by atoms with Crippen molar-refractivity contribution in [1.29, 1.82) is 0 Å². The molecule has 0 fully saturated rings. The number of sulfonamides is 2. The third-order valence-electron chi connectivity index (χ3n) is 6.69. The van der Waals surface area contributed by atoms with Crippen molar-refractivity contribution in [2.24, 2.45) is 5.73 Å². The van der Waals surface area contributed by atoms with Crippen LogP contribution in [0, 0.1) is 11.6 Å². The lowest BCUT2D eigenvalue weighted by Crippen LogP contribution is -2.29. The standard InChI is InChI=1S/C16H16BrFN2O3S.C16H15BrFNO4S/c1-24(22,23)20(14-6-4-13(17)5-7-14)10-12-3-2-11(8-15(12)18)16(21)9-19;1-23-16(20)11-3-4-12(15(18)9-11)10-19(24(2,21)22)14-7-5-13(17)6-8-14/h2-8H,9-10,19H2,1H3;3-9H,10H2,1-2H3. The van der Waals surface area contributed by atoms with Gasteiger partial charge in [0.1, 0.15) is 11.6 Å². The van der Waals surface area contributed by atoms with Gasteiger partial charge in [-0.3, -0.25) is 13.4 Å². The van der Waals surface area contributed by atoms with Gasteiger partial charge in [-0.25, -0.2) is 30.4 Å². The first-order chi connectivity index (χ1) is 22.4. The van der Waals surface area contributed by atoms with E-state index in [0.29, 0.717) is 11.4 Å². The van der Waals surface area contributed by atoms with Gasteiger partial charge in [-0.05, 0) is 66.7 Å². The summed E-state index contributed by atoms with van der Waals surface area (Å²) in [5, 5.41) is 0. The van der Waals surface area contributed by atoms with E-state index >= 15 is 0 Å². The average molecular weight is 832 g/mol. The van der Waals surface area contributed by atoms with Gasteiger partial charge in [-0.1, -0.05) is 50.1 Å². The lowest BCUT2D eigenvalue weighted by Gasteiger charge is -2.23. The second-order valence-corrected chi connectivity index (χ2v) is 15.9. The zero-order chi connectivity index (χ0) is 35.8. The van der Waals surface area contributed by atoms with Crippen LogP contribution in [0.3, 0.4) is 0 Å². The number of benzene rings is 4. The molecule has 256 valence electrons. The molecular formula is C32H31Br2F2N3O7S2. The molecule has 4 rings (SSSR count). The van der Waals surface area contributed by atoms with E-state index in [1.54, 1.807) is 48.5 Å². The summed E-state index contributed by atoms with van der Waals surface area (Å²) in [6, 6.07) is 21.0. The Hall–Kier alpha value is -3.70. The summed E-state index contributed by atoms with van der Waals surface area (Å²) in [5.74, 6) is -2.37. The summed E-state index contributed by atoms with van der Waals surface area (Å²) in [6.45, 7) is -0.579. The van der Waals surface area contributed by atoms with Gasteiger partial charge in [0.2, 0.25) is 20.0 Å². The van der Waals surface area contributed by atoms with Gasteiger partial charge >= 0.3 is 5.97 Å². The molecule has 16 heteroatoms. The van der Waals surface area contributed by atoms with Crippen molar-refractivity contribution in [2.45, 2.75) is 13.1 Å². The minimum Gasteiger partial charge on any atom is -0.465 e. The number of anilines is 2. The number of carbonyl (C=O) groups is 2. The number of esters is 1. The fraction of sp³-hybridized carbons (Fsp3) is 0.188. The van der Waals surface area contributed by atoms with Gasteiger partial charge in [-0.2, -0.15) is 0 Å². The van der Waals surface area contributed by atoms with Crippen molar-refractivity contribution >= 4 is 75.0 Å². The first-order valence-electron chi connectivity index (χ1n) is 13.8. The molecule has 0 atom stereocenters. The van der Waals surface area contributed by atoms with Crippen molar-refractivity contribution in [1.82, 2.24) is 0 Å². The molecule has 0 heterocycles. The average Bonchev–Trinajstić information content (AvgIpc) is 3.03. The van der Waals surface area contributed by atoms with E-state index in [-0.39, 0.29) is 47.7 Å². The predicted molar refractivity (Wildman–Crippen MR) is 188 cm³/mol. The molecule has 0 radical (unpaired) electrons. The van der Waals surface area contributed by atoms with Gasteiger partial charge in [-0.15, -0.1) is 0 Å². The van der Waals surface area contributed by atoms with E-state index in [1.807, 2.05) is 0 Å². The van der Waals surface area contributed by atoms with Crippen LogP contribution in [0.5, 0.6) is 0 Å². The van der Waals surface area contributed by atoms with Gasteiger partial charge in [0.15, 0.2) is 5.78 Å². The Kier molecular flexibility index (Phi) is 13.4. The number of hydrogen-bond acceptors (Lipinski definition) is 8. The molecule has 10 nitrogen and oxygen atoms in total. The molecule has 0 bridgehead atoms. The van der Waals surface area contributed by atoms with E-state index in [1.165, 1.54) is 31.4 Å². The lowest BCUT2D eigenvalue weighted by molar-refractivity contribution is 0.0600. The first kappa shape index (κ1) is 38.7. The smallest absolute Gasteiger partial charge is 0.337 e. The predicted octanol–water partition coefficient (Wildman–Crippen LogP) is 6.04. The molecule has 0 aromatic heterocycles. The van der Waals surface area contributed by atoms with E-state index < -0.39 is 37.7 Å². The van der Waals surface area contributed by atoms with Crippen LogP contribution >= 0.6 is 31.9 Å². The molecule has 0 aliphatic heterocycles. The molecule has 0 aliphatic carbocycles. The molecular weight excluding hydrogens is 800 g/mol. The number of carbonyl (C=O) groups excluding carboxylic acids is 2. The van der Waals surface area contributed by atoms with E-state index in [2.05, 4.69) is 36.6 Å². The summed E-state index contributed by atoms with van der Waals surface area (Å²) in [7, 11) is -6.03. The molecule has 0 amide bonds. The monoisotopic (exact) mass is 829 g/mol. The Bertz CT molecular complexity index is 1850. The second-order valence-electron chi connectivity index (χ2n) is 10.2. The Balaban J connectivity index is 0.000000260. The lowest BCUT2D eigenvalue weighted by atomic mass is 10.1. The summed E-state index contributed by atoms with van der Waals surface area (Å²) < 4.78 is 85.1. The van der Waals surface area contributed by atoms with Crippen LogP contribution in [-0.2, 0) is 37.9 Å². The minimum absolute atomic E-state index is 0.0632. The minimum atomic E-state index is -3.62. The van der Waals surface area contributed by atoms with Crippen molar-refractivity contribution in [3.63, 3.8) is 0 Å². The number of rotatable bonds is 11. The highest BCUT2D eigenvalue weighted by molar-refractivity contribution is 9.10. The quantitative estimate of drug-likeness (QED) is 0.143. The molecule has 4 aromatic carbocycles. The maximum absolute atomic E-state index is 14.3. The van der Waals surface area contributed by atoms with Crippen LogP contribution in [0.1, 0.15) is 31.8 Å². The molecule has 0 saturated heterocycles. The largest absolute Gasteiger partial charge is 0.465 e. The summed E-state index contributed by atoms with van der Waals surface area (Å²) >= 11 is 6.56. The molecule has 0 unspecified atom stereocenters. The normalized spacial score (nSPS) is 11.2. The molecule has 0 saturated carbocycles. The molecule has 4 aromatic rings. The highest BCUT2D eigenvalue weighted by atomic mass is 79.9. The number of methoxy groups -OCH3 is 1. The Morgan fingerprint density at radius 3 is 1.40 bits per heavy atom. The van der Waals surface area contributed by atoms with Crippen molar-refractivity contribution in [3.05, 3.63) is 128 Å². The van der Waals surface area contributed by atoms with Crippen molar-refractivity contribution in [2.75, 3.05) is 34.8 Å². The number of hydrogen-bond donors (Lipinski definition) is 1. The molecule has 48 heavy (non-hydrogen) atoms. The Morgan fingerprint density at radius 1 is 0.688 bits per heavy atom. The topological polar surface area (TPSA) is 144 Å². The molecule has 0 aliphatic rings. The fourth-order valence-electron chi connectivity index (χ4n) is 4.21. The number of ether oxygens (including phenoxy) is 1. The zero-order valence-electron chi connectivity index (χ0n) is 25.9. The van der Waals surface area contributed by atoms with Crippen LogP contribution in [0.25, 0.3) is 0 Å². The number of ketones is 1. The Labute approximate surface area is 294 Å². The van der Waals surface area contributed by atoms with Crippen LogP contribution in [0.15, 0.2) is 93.9 Å². The number of halogens is 4. The van der Waals surface area contributed by atoms with E-state index in [9.17, 15) is 35.2 Å². The third kappa shape index (κ3) is 10.7. The SMILES string of the molecule is COC(=O)c1ccc(CN(c2ccc(Br)cc2)S(C)(=O)=O)c(F)c1.CS(=O)(=O)N(Cc1ccc(C(=O)CN)cc1F)c1ccc(Br)cc1. The van der Waals surface area contributed by atoms with Crippen LogP contribution < -0.4 is 14.3 Å². The van der Waals surface area contributed by atoms with Gasteiger partial charge < -0.3 is 10.5 Å². The molecule has 0 spiro atoms. The van der Waals surface area contributed by atoms with Crippen LogP contribution in [-0.4, -0.2) is 54.8 Å². The highest BCUT2D eigenvalue weighted by Crippen LogP contribution is 2.26. The maximum atomic E-state index is 14.3. The Morgan fingerprint density at radius 2 is 1.06 bits per heavy atom. The second kappa shape index (κ2) is 16.6. The van der Waals surface area contributed by atoms with Crippen LogP contribution in [0.2, 0.25) is 0 Å².